The number of nitrogens with one attached hydrogen (secondary N) is 3. The van der Waals surface area contributed by atoms with Gasteiger partial charge in [-0.1, -0.05) is 0 Å². The van der Waals surface area contributed by atoms with Crippen molar-refractivity contribution < 1.29 is 72.5 Å². The Morgan fingerprint density at radius 2 is 1.05 bits per heavy atom. The lowest BCUT2D eigenvalue weighted by molar-refractivity contribution is -0.173. The lowest BCUT2D eigenvalue weighted by Crippen LogP contribution is -2.40. The summed E-state index contributed by atoms with van der Waals surface area (Å²) in [7, 11) is 0.599. The van der Waals surface area contributed by atoms with Gasteiger partial charge in [0.2, 0.25) is 0 Å². The van der Waals surface area contributed by atoms with E-state index in [9.17, 15) is 58.5 Å². The molecule has 0 fully saturated rings. The molecule has 0 spiro atoms. The van der Waals surface area contributed by atoms with Crippen LogP contribution in [0.3, 0.4) is 0 Å². The van der Waals surface area contributed by atoms with E-state index in [4.69, 9.17) is 14.0 Å². The van der Waals surface area contributed by atoms with Gasteiger partial charge < -0.3 is 25.4 Å². The van der Waals surface area contributed by atoms with Gasteiger partial charge in [0, 0.05) is 26.7 Å². The molecule has 20 heteroatoms. The highest BCUT2D eigenvalue weighted by Crippen LogP contribution is 2.36. The molecule has 0 rings (SSSR count). The molecule has 0 aliphatic heterocycles. The normalized spacial score (nSPS) is 13.6. The summed E-state index contributed by atoms with van der Waals surface area (Å²) in [6.07, 6.45) is -16.7. The average molecular weight is 639 g/mol. The van der Waals surface area contributed by atoms with Gasteiger partial charge in [0.1, 0.15) is 6.10 Å². The van der Waals surface area contributed by atoms with Crippen LogP contribution >= 0.6 is 8.69 Å². The number of hydrogen-bond donors (Lipinski definition) is 3. The summed E-state index contributed by atoms with van der Waals surface area (Å²) in [6, 6.07) is 0. The van der Waals surface area contributed by atoms with Gasteiger partial charge in [0.15, 0.2) is 0 Å². The largest absolute Gasteiger partial charge is 0.471 e. The SMILES string of the molecule is COCC(COCC(CCCNC(=O)C(F)(F)F)(CCCNC(=O)C(F)(F)F)CCCNC(=O)C(F)(F)F)OP=O. The van der Waals surface area contributed by atoms with Crippen molar-refractivity contribution in [2.75, 3.05) is 46.6 Å². The van der Waals surface area contributed by atoms with E-state index >= 15 is 0 Å². The minimum Gasteiger partial charge on any atom is -0.382 e. The Kier molecular flexibility index (Phi) is 17.3. The van der Waals surface area contributed by atoms with Crippen molar-refractivity contribution in [3.05, 3.63) is 0 Å². The molecule has 41 heavy (non-hydrogen) atoms. The molecule has 0 radical (unpaired) electrons. The number of amides is 3. The van der Waals surface area contributed by atoms with Crippen molar-refractivity contribution in [2.45, 2.75) is 63.2 Å². The summed E-state index contributed by atoms with van der Waals surface area (Å²) >= 11 is 0. The molecule has 0 aromatic carbocycles. The third kappa shape index (κ3) is 17.3. The number of methoxy groups -OCH3 is 1. The molecule has 10 nitrogen and oxygen atoms in total. The van der Waals surface area contributed by atoms with Crippen LogP contribution in [0.2, 0.25) is 0 Å². The van der Waals surface area contributed by atoms with E-state index in [0.29, 0.717) is 0 Å². The Morgan fingerprint density at radius 3 is 1.34 bits per heavy atom. The van der Waals surface area contributed by atoms with Gasteiger partial charge in [0.05, 0.1) is 19.8 Å². The lowest BCUT2D eigenvalue weighted by Gasteiger charge is -2.35. The maximum atomic E-state index is 12.5. The Morgan fingerprint density at radius 1 is 0.683 bits per heavy atom. The number of hydrogen-bond acceptors (Lipinski definition) is 7. The van der Waals surface area contributed by atoms with E-state index in [1.54, 1.807) is 16.0 Å². The fourth-order valence-electron chi connectivity index (χ4n) is 3.65. The smallest absolute Gasteiger partial charge is 0.382 e. The molecule has 0 saturated heterocycles. The van der Waals surface area contributed by atoms with Crippen molar-refractivity contribution in [3.8, 4) is 0 Å². The van der Waals surface area contributed by atoms with E-state index in [-0.39, 0.29) is 58.3 Å². The quantitative estimate of drug-likeness (QED) is 0.105. The summed E-state index contributed by atoms with van der Waals surface area (Å²) in [5.41, 5.74) is -1.11. The molecule has 0 aliphatic carbocycles. The Labute approximate surface area is 230 Å². The van der Waals surface area contributed by atoms with Gasteiger partial charge in [-0.05, 0) is 43.9 Å². The van der Waals surface area contributed by atoms with Crippen molar-refractivity contribution in [3.63, 3.8) is 0 Å². The number of ether oxygens (including phenoxy) is 2. The first-order valence-electron chi connectivity index (χ1n) is 12.0. The topological polar surface area (TPSA) is 132 Å². The predicted octanol–water partition coefficient (Wildman–Crippen LogP) is 3.60. The number of carbonyl (C=O) groups excluding carboxylic acids is 3. The van der Waals surface area contributed by atoms with Crippen molar-refractivity contribution in [1.29, 1.82) is 0 Å². The van der Waals surface area contributed by atoms with Gasteiger partial charge in [-0.3, -0.25) is 18.9 Å². The molecule has 0 aromatic rings. The average Bonchev–Trinajstić information content (AvgIpc) is 2.85. The van der Waals surface area contributed by atoms with Crippen molar-refractivity contribution in [2.24, 2.45) is 5.41 Å². The number of alkyl halides is 9. The molecule has 0 bridgehead atoms. The molecular weight excluding hydrogens is 608 g/mol. The molecule has 0 aliphatic rings. The molecule has 240 valence electrons. The van der Waals surface area contributed by atoms with Crippen molar-refractivity contribution >= 4 is 26.4 Å². The Balaban J connectivity index is 5.63. The lowest BCUT2D eigenvalue weighted by atomic mass is 9.75. The highest BCUT2D eigenvalue weighted by atomic mass is 31.1. The van der Waals surface area contributed by atoms with E-state index in [0.717, 1.165) is 0 Å². The van der Waals surface area contributed by atoms with Crippen LogP contribution in [0.15, 0.2) is 0 Å². The van der Waals surface area contributed by atoms with Gasteiger partial charge >= 0.3 is 44.9 Å². The highest BCUT2D eigenvalue weighted by Gasteiger charge is 2.40. The van der Waals surface area contributed by atoms with Crippen LogP contribution in [-0.2, 0) is 32.9 Å². The summed E-state index contributed by atoms with van der Waals surface area (Å²) in [4.78, 5) is 33.3. The fraction of sp³-hybridized carbons (Fsp3) is 0.857. The van der Waals surface area contributed by atoms with Crippen LogP contribution < -0.4 is 16.0 Å². The fourth-order valence-corrected chi connectivity index (χ4v) is 3.89. The molecule has 1 unspecified atom stereocenters. The number of rotatable bonds is 20. The number of carbonyl (C=O) groups is 3. The van der Waals surface area contributed by atoms with Gasteiger partial charge in [0.25, 0.3) is 0 Å². The molecule has 0 saturated carbocycles. The molecule has 3 amide bonds. The molecule has 3 N–H and O–H groups in total. The second-order valence-electron chi connectivity index (χ2n) is 8.84. The Hall–Kier alpha value is -2.24. The monoisotopic (exact) mass is 639 g/mol. The van der Waals surface area contributed by atoms with E-state index in [1.807, 2.05) is 0 Å². The van der Waals surface area contributed by atoms with Crippen LogP contribution in [0.25, 0.3) is 0 Å². The zero-order valence-corrected chi connectivity index (χ0v) is 22.7. The minimum absolute atomic E-state index is 0.0266. The van der Waals surface area contributed by atoms with Crippen LogP contribution in [0.5, 0.6) is 0 Å². The Bertz CT molecular complexity index is 744. The highest BCUT2D eigenvalue weighted by molar-refractivity contribution is 7.17. The molecular formula is C21H31F9N3O7P. The number of halogens is 9. The van der Waals surface area contributed by atoms with Crippen LogP contribution in [0.4, 0.5) is 39.5 Å². The molecule has 1 atom stereocenters. The second-order valence-corrected chi connectivity index (χ2v) is 9.20. The zero-order valence-electron chi connectivity index (χ0n) is 21.8. The van der Waals surface area contributed by atoms with Crippen LogP contribution in [0.1, 0.15) is 38.5 Å². The van der Waals surface area contributed by atoms with E-state index < -0.39 is 76.1 Å². The first-order chi connectivity index (χ1) is 18.9. The van der Waals surface area contributed by atoms with Gasteiger partial charge in [-0.25, -0.2) is 4.57 Å². The molecule has 0 heterocycles. The van der Waals surface area contributed by atoms with Crippen LogP contribution in [0, 0.1) is 5.41 Å². The molecule has 0 aromatic heterocycles. The maximum Gasteiger partial charge on any atom is 0.471 e. The minimum atomic E-state index is -5.15. The van der Waals surface area contributed by atoms with E-state index in [2.05, 4.69) is 0 Å². The standard InChI is InChI=1S/C21H31F9N3O7P/c1-38-11-14(40-41-37)12-39-13-18(5-2-8-31-15(34)19(22,23)24,6-3-9-32-16(35)20(25,26)27)7-4-10-33-17(36)21(28,29)30/h14H,2-13H2,1H3,(H,31,34)(H,32,35)(H,33,36). The third-order valence-corrected chi connectivity index (χ3v) is 5.92. The van der Waals surface area contributed by atoms with Gasteiger partial charge in [-0.15, -0.1) is 0 Å². The summed E-state index contributed by atoms with van der Waals surface area (Å²) in [5, 5.41) is 4.98. The maximum absolute atomic E-state index is 12.5. The summed E-state index contributed by atoms with van der Waals surface area (Å²) < 4.78 is 138. The van der Waals surface area contributed by atoms with Crippen molar-refractivity contribution in [1.82, 2.24) is 16.0 Å². The summed E-state index contributed by atoms with van der Waals surface area (Å²) in [5.74, 6) is -6.62. The van der Waals surface area contributed by atoms with Gasteiger partial charge in [-0.2, -0.15) is 39.5 Å². The zero-order chi connectivity index (χ0) is 31.7. The predicted molar refractivity (Wildman–Crippen MR) is 123 cm³/mol. The van der Waals surface area contributed by atoms with E-state index in [1.165, 1.54) is 7.11 Å². The first kappa shape index (κ1) is 38.8. The first-order valence-corrected chi connectivity index (χ1v) is 12.7. The third-order valence-electron chi connectivity index (χ3n) is 5.54. The van der Waals surface area contributed by atoms with Crippen LogP contribution in [-0.4, -0.2) is 88.9 Å². The second kappa shape index (κ2) is 18.3. The summed E-state index contributed by atoms with van der Waals surface area (Å²) in [6.45, 7) is -1.97.